The Labute approximate surface area is 124 Å². The molecule has 0 spiro atoms. The number of aryl methyl sites for hydroxylation is 1. The van der Waals surface area contributed by atoms with E-state index in [1.807, 2.05) is 32.9 Å². The standard InChI is InChI=1S/C15H22N2O2S/c1-9(2)12-13(18)16-15(4,5)14(19)17(12)8-11-7-6-10(3)20-11/h6-7,9,12H,8H2,1-5H3,(H,16,18). The molecule has 1 atom stereocenters. The molecule has 1 saturated heterocycles. The summed E-state index contributed by atoms with van der Waals surface area (Å²) in [5, 5.41) is 2.83. The van der Waals surface area contributed by atoms with Gasteiger partial charge >= 0.3 is 0 Å². The van der Waals surface area contributed by atoms with Gasteiger partial charge in [-0.05, 0) is 38.8 Å². The van der Waals surface area contributed by atoms with Crippen molar-refractivity contribution in [3.8, 4) is 0 Å². The van der Waals surface area contributed by atoms with Crippen LogP contribution in [0.3, 0.4) is 0 Å². The van der Waals surface area contributed by atoms with Crippen molar-refractivity contribution in [3.05, 3.63) is 21.9 Å². The molecule has 1 aromatic heterocycles. The third kappa shape index (κ3) is 2.73. The fourth-order valence-corrected chi connectivity index (χ4v) is 3.52. The largest absolute Gasteiger partial charge is 0.340 e. The number of amides is 2. The SMILES string of the molecule is Cc1ccc(CN2C(=O)C(C)(C)NC(=O)C2C(C)C)s1. The molecule has 5 heteroatoms. The Kier molecular flexibility index (Phi) is 3.91. The lowest BCUT2D eigenvalue weighted by Gasteiger charge is -2.44. The molecule has 0 aliphatic carbocycles. The molecule has 0 bridgehead atoms. The average Bonchev–Trinajstić information content (AvgIpc) is 2.70. The van der Waals surface area contributed by atoms with Gasteiger partial charge < -0.3 is 10.2 Å². The average molecular weight is 294 g/mol. The van der Waals surface area contributed by atoms with Crippen LogP contribution in [0.1, 0.15) is 37.4 Å². The zero-order valence-corrected chi connectivity index (χ0v) is 13.5. The predicted molar refractivity (Wildman–Crippen MR) is 80.5 cm³/mol. The number of hydrogen-bond acceptors (Lipinski definition) is 3. The van der Waals surface area contributed by atoms with Gasteiger partial charge in [-0.25, -0.2) is 0 Å². The van der Waals surface area contributed by atoms with E-state index in [1.165, 1.54) is 4.88 Å². The quantitative estimate of drug-likeness (QED) is 0.930. The van der Waals surface area contributed by atoms with E-state index in [9.17, 15) is 9.59 Å². The Morgan fingerprint density at radius 2 is 2.00 bits per heavy atom. The lowest BCUT2D eigenvalue weighted by atomic mass is 9.91. The second-order valence-corrected chi connectivity index (χ2v) is 7.62. The van der Waals surface area contributed by atoms with Gasteiger partial charge in [0.2, 0.25) is 11.8 Å². The Bertz CT molecular complexity index is 534. The van der Waals surface area contributed by atoms with Crippen LogP contribution in [0.2, 0.25) is 0 Å². The topological polar surface area (TPSA) is 49.4 Å². The van der Waals surface area contributed by atoms with Crippen molar-refractivity contribution in [2.45, 2.75) is 52.7 Å². The minimum Gasteiger partial charge on any atom is -0.340 e. The predicted octanol–water partition coefficient (Wildman–Crippen LogP) is 2.32. The molecule has 4 nitrogen and oxygen atoms in total. The zero-order valence-electron chi connectivity index (χ0n) is 12.7. The molecule has 20 heavy (non-hydrogen) atoms. The van der Waals surface area contributed by atoms with Gasteiger partial charge in [0.1, 0.15) is 11.6 Å². The summed E-state index contributed by atoms with van der Waals surface area (Å²) >= 11 is 1.67. The first-order valence-electron chi connectivity index (χ1n) is 6.91. The van der Waals surface area contributed by atoms with E-state index >= 15 is 0 Å². The summed E-state index contributed by atoms with van der Waals surface area (Å²) in [5.74, 6) is 0.0239. The number of hydrogen-bond donors (Lipinski definition) is 1. The molecule has 1 fully saturated rings. The molecule has 1 aromatic rings. The van der Waals surface area contributed by atoms with Crippen molar-refractivity contribution in [2.24, 2.45) is 5.92 Å². The highest BCUT2D eigenvalue weighted by atomic mass is 32.1. The summed E-state index contributed by atoms with van der Waals surface area (Å²) in [6.45, 7) is 10.0. The van der Waals surface area contributed by atoms with Crippen LogP contribution in [0.4, 0.5) is 0 Å². The number of rotatable bonds is 3. The van der Waals surface area contributed by atoms with Crippen LogP contribution in [0.25, 0.3) is 0 Å². The number of nitrogens with zero attached hydrogens (tertiary/aromatic N) is 1. The van der Waals surface area contributed by atoms with Crippen molar-refractivity contribution in [3.63, 3.8) is 0 Å². The molecule has 2 amide bonds. The van der Waals surface area contributed by atoms with Crippen LogP contribution in [-0.4, -0.2) is 28.3 Å². The minimum atomic E-state index is -0.825. The van der Waals surface area contributed by atoms with E-state index in [4.69, 9.17) is 0 Å². The Morgan fingerprint density at radius 1 is 1.35 bits per heavy atom. The Morgan fingerprint density at radius 3 is 2.50 bits per heavy atom. The van der Waals surface area contributed by atoms with Crippen LogP contribution in [0.5, 0.6) is 0 Å². The van der Waals surface area contributed by atoms with Crippen molar-refractivity contribution < 1.29 is 9.59 Å². The van der Waals surface area contributed by atoms with E-state index in [2.05, 4.69) is 5.32 Å². The van der Waals surface area contributed by atoms with E-state index in [-0.39, 0.29) is 17.7 Å². The smallest absolute Gasteiger partial charge is 0.248 e. The molecule has 1 aliphatic heterocycles. The van der Waals surface area contributed by atoms with Gasteiger partial charge in [-0.3, -0.25) is 9.59 Å². The first-order valence-corrected chi connectivity index (χ1v) is 7.72. The Balaban J connectivity index is 2.32. The first-order chi connectivity index (χ1) is 9.22. The number of piperazine rings is 1. The maximum Gasteiger partial charge on any atom is 0.248 e. The van der Waals surface area contributed by atoms with E-state index < -0.39 is 11.6 Å². The normalized spacial score (nSPS) is 22.3. The molecule has 1 N–H and O–H groups in total. The molecule has 0 saturated carbocycles. The summed E-state index contributed by atoms with van der Waals surface area (Å²) in [4.78, 5) is 29.0. The van der Waals surface area contributed by atoms with Gasteiger partial charge in [0.05, 0.1) is 6.54 Å². The van der Waals surface area contributed by atoms with Gasteiger partial charge in [-0.2, -0.15) is 0 Å². The van der Waals surface area contributed by atoms with Gasteiger partial charge in [-0.1, -0.05) is 13.8 Å². The second kappa shape index (κ2) is 5.20. The Hall–Kier alpha value is -1.36. The summed E-state index contributed by atoms with van der Waals surface area (Å²) in [6, 6.07) is 3.69. The van der Waals surface area contributed by atoms with Crippen LogP contribution in [-0.2, 0) is 16.1 Å². The molecule has 110 valence electrons. The van der Waals surface area contributed by atoms with Gasteiger partial charge in [0, 0.05) is 9.75 Å². The third-order valence-corrected chi connectivity index (χ3v) is 4.57. The minimum absolute atomic E-state index is 0.0122. The summed E-state index contributed by atoms with van der Waals surface area (Å²) in [5.41, 5.74) is -0.825. The molecular formula is C15H22N2O2S. The van der Waals surface area contributed by atoms with Crippen LogP contribution in [0, 0.1) is 12.8 Å². The van der Waals surface area contributed by atoms with Crippen LogP contribution < -0.4 is 5.32 Å². The van der Waals surface area contributed by atoms with Crippen LogP contribution >= 0.6 is 11.3 Å². The molecule has 2 rings (SSSR count). The number of carbonyl (C=O) groups excluding carboxylic acids is 2. The monoisotopic (exact) mass is 294 g/mol. The molecule has 2 heterocycles. The summed E-state index contributed by atoms with van der Waals surface area (Å²) in [6.07, 6.45) is 0. The highest BCUT2D eigenvalue weighted by molar-refractivity contribution is 7.11. The third-order valence-electron chi connectivity index (χ3n) is 3.59. The van der Waals surface area contributed by atoms with Gasteiger partial charge in [0.15, 0.2) is 0 Å². The van der Waals surface area contributed by atoms with Crippen molar-refractivity contribution in [1.82, 2.24) is 10.2 Å². The molecule has 0 aromatic carbocycles. The lowest BCUT2D eigenvalue weighted by molar-refractivity contribution is -0.156. The van der Waals surface area contributed by atoms with Crippen molar-refractivity contribution in [1.29, 1.82) is 0 Å². The molecule has 0 radical (unpaired) electrons. The number of thiophene rings is 1. The fourth-order valence-electron chi connectivity index (χ4n) is 2.63. The summed E-state index contributed by atoms with van der Waals surface area (Å²) < 4.78 is 0. The summed E-state index contributed by atoms with van der Waals surface area (Å²) in [7, 11) is 0. The second-order valence-electron chi connectivity index (χ2n) is 6.25. The van der Waals surface area contributed by atoms with E-state index in [0.717, 1.165) is 4.88 Å². The highest BCUT2D eigenvalue weighted by Crippen LogP contribution is 2.26. The molecule has 1 unspecified atom stereocenters. The highest BCUT2D eigenvalue weighted by Gasteiger charge is 2.46. The van der Waals surface area contributed by atoms with Crippen molar-refractivity contribution >= 4 is 23.2 Å². The molecule has 1 aliphatic rings. The first kappa shape index (κ1) is 15.0. The lowest BCUT2D eigenvalue weighted by Crippen LogP contribution is -2.68. The zero-order chi connectivity index (χ0) is 15.1. The number of nitrogens with one attached hydrogen (secondary N) is 1. The maximum atomic E-state index is 12.6. The maximum absolute atomic E-state index is 12.6. The van der Waals surface area contributed by atoms with Crippen molar-refractivity contribution in [2.75, 3.05) is 0 Å². The van der Waals surface area contributed by atoms with E-state index in [0.29, 0.717) is 6.54 Å². The van der Waals surface area contributed by atoms with Gasteiger partial charge in [-0.15, -0.1) is 11.3 Å². The van der Waals surface area contributed by atoms with Gasteiger partial charge in [0.25, 0.3) is 0 Å². The fraction of sp³-hybridized carbons (Fsp3) is 0.600. The van der Waals surface area contributed by atoms with Crippen LogP contribution in [0.15, 0.2) is 12.1 Å². The molecular weight excluding hydrogens is 272 g/mol. The number of carbonyl (C=O) groups is 2. The van der Waals surface area contributed by atoms with E-state index in [1.54, 1.807) is 30.1 Å².